The van der Waals surface area contributed by atoms with Crippen molar-refractivity contribution in [2.45, 2.75) is 180 Å². The third kappa shape index (κ3) is 38.1. The van der Waals surface area contributed by atoms with Gasteiger partial charge in [-0.2, -0.15) is 0 Å². The Bertz CT molecular complexity index is 1160. The Morgan fingerprint density at radius 2 is 1.02 bits per heavy atom. The van der Waals surface area contributed by atoms with E-state index in [1.165, 1.54) is 96.3 Å². The molecule has 0 spiro atoms. The lowest BCUT2D eigenvalue weighted by Gasteiger charge is -2.31. The zero-order valence-corrected chi connectivity index (χ0v) is 37.0. The summed E-state index contributed by atoms with van der Waals surface area (Å²) < 4.78 is 17.2. The van der Waals surface area contributed by atoms with Gasteiger partial charge < -0.3 is 23.8 Å². The number of carbonyl (C=O) groups is 3. The molecule has 0 aliphatic heterocycles. The first kappa shape index (κ1) is 53.8. The lowest BCUT2D eigenvalue weighted by Crippen LogP contribution is -2.50. The van der Waals surface area contributed by atoms with Crippen molar-refractivity contribution in [3.05, 3.63) is 72.9 Å². The van der Waals surface area contributed by atoms with Gasteiger partial charge in [-0.25, -0.2) is 4.79 Å². The number of allylic oxidation sites excluding steroid dienone is 12. The van der Waals surface area contributed by atoms with Crippen LogP contribution < -0.4 is 0 Å². The molecule has 8 heteroatoms. The van der Waals surface area contributed by atoms with Crippen molar-refractivity contribution in [3.63, 3.8) is 0 Å². The molecule has 0 rings (SSSR count). The number of aliphatic carboxylic acids is 1. The fraction of sp³-hybridized carbons (Fsp3) is 0.694. The molecule has 0 aromatic carbocycles. The van der Waals surface area contributed by atoms with Crippen molar-refractivity contribution in [3.8, 4) is 0 Å². The SMILES string of the molecule is CC/C=C/C=C/C=C/C=C/C=C/CCCC(=O)OCC(COCCC(C(=O)O)[N+](C)(C)C)OC(=O)CCCCCCCCC/C=C/CCCCCCCCCCC. The van der Waals surface area contributed by atoms with Gasteiger partial charge in [-0.3, -0.25) is 9.59 Å². The first-order valence-electron chi connectivity index (χ1n) is 22.5. The number of likely N-dealkylation sites (N-methyl/N-ethyl adjacent to an activating group) is 1. The molecule has 0 aromatic heterocycles. The van der Waals surface area contributed by atoms with Crippen LogP contribution in [0.2, 0.25) is 0 Å². The molecule has 0 radical (unpaired) electrons. The Kier molecular flexibility index (Phi) is 37.3. The van der Waals surface area contributed by atoms with Crippen LogP contribution in [0, 0.1) is 0 Å². The Morgan fingerprint density at radius 1 is 0.544 bits per heavy atom. The summed E-state index contributed by atoms with van der Waals surface area (Å²) in [4.78, 5) is 36.9. The van der Waals surface area contributed by atoms with E-state index in [2.05, 4.69) is 32.1 Å². The van der Waals surface area contributed by atoms with Crippen LogP contribution in [0.25, 0.3) is 0 Å². The highest BCUT2D eigenvalue weighted by atomic mass is 16.6. The molecule has 0 saturated heterocycles. The first-order valence-corrected chi connectivity index (χ1v) is 22.5. The second-order valence-corrected chi connectivity index (χ2v) is 16.0. The molecule has 0 bridgehead atoms. The second-order valence-electron chi connectivity index (χ2n) is 16.0. The van der Waals surface area contributed by atoms with Gasteiger partial charge in [0.25, 0.3) is 0 Å². The van der Waals surface area contributed by atoms with Crippen molar-refractivity contribution >= 4 is 17.9 Å². The second kappa shape index (κ2) is 39.6. The molecule has 8 nitrogen and oxygen atoms in total. The molecular weight excluding hydrogens is 715 g/mol. The van der Waals surface area contributed by atoms with E-state index in [4.69, 9.17) is 14.2 Å². The lowest BCUT2D eigenvalue weighted by atomic mass is 10.1. The van der Waals surface area contributed by atoms with Crippen LogP contribution in [0.5, 0.6) is 0 Å². The Labute approximate surface area is 349 Å². The number of carboxylic acids is 1. The van der Waals surface area contributed by atoms with E-state index >= 15 is 0 Å². The number of hydrogen-bond donors (Lipinski definition) is 1. The summed E-state index contributed by atoms with van der Waals surface area (Å²) in [6.07, 6.45) is 49.6. The highest BCUT2D eigenvalue weighted by Crippen LogP contribution is 2.14. The molecule has 2 atom stereocenters. The number of quaternary nitrogens is 1. The third-order valence-electron chi connectivity index (χ3n) is 9.72. The van der Waals surface area contributed by atoms with Crippen LogP contribution >= 0.6 is 0 Å². The summed E-state index contributed by atoms with van der Waals surface area (Å²) in [5.74, 6) is -1.57. The maximum Gasteiger partial charge on any atom is 0.362 e. The molecule has 57 heavy (non-hydrogen) atoms. The van der Waals surface area contributed by atoms with Gasteiger partial charge in [0.15, 0.2) is 12.1 Å². The van der Waals surface area contributed by atoms with Gasteiger partial charge in [0.05, 0.1) is 34.4 Å². The predicted molar refractivity (Wildman–Crippen MR) is 238 cm³/mol. The zero-order chi connectivity index (χ0) is 42.1. The topological polar surface area (TPSA) is 99.1 Å². The normalized spacial score (nSPS) is 13.6. The van der Waals surface area contributed by atoms with Crippen LogP contribution in [-0.2, 0) is 28.6 Å². The number of hydrogen-bond acceptors (Lipinski definition) is 6. The Morgan fingerprint density at radius 3 is 1.54 bits per heavy atom. The summed E-state index contributed by atoms with van der Waals surface area (Å²) in [6, 6.07) is -0.629. The lowest BCUT2D eigenvalue weighted by molar-refractivity contribution is -0.887. The van der Waals surface area contributed by atoms with Gasteiger partial charge in [0.1, 0.15) is 6.61 Å². The fourth-order valence-electron chi connectivity index (χ4n) is 6.23. The van der Waals surface area contributed by atoms with Crippen LogP contribution in [0.3, 0.4) is 0 Å². The summed E-state index contributed by atoms with van der Waals surface area (Å²) in [5.41, 5.74) is 0. The zero-order valence-electron chi connectivity index (χ0n) is 37.0. The standard InChI is InChI=1S/C49H83NO7/c1-6-8-10-12-14-16-18-20-21-22-23-24-25-26-28-30-32-34-36-38-40-48(52)57-45(43-55-42-41-46(49(53)54)50(3,4)5)44-56-47(51)39-37-35-33-31-29-27-19-17-15-13-11-9-7-2/h9,11,13,15,17,19,23-24,27,29,31,33,45-46H,6-8,10,12,14,16,18,20-22,25-26,28,30,32,34-44H2,1-5H3/p+1/b11-9+,15-13+,19-17+,24-23+,29-27+,33-31+. The highest BCUT2D eigenvalue weighted by Gasteiger charge is 2.31. The molecule has 2 unspecified atom stereocenters. The summed E-state index contributed by atoms with van der Waals surface area (Å²) in [5, 5.41) is 9.62. The number of unbranched alkanes of at least 4 members (excludes halogenated alkanes) is 17. The van der Waals surface area contributed by atoms with Gasteiger partial charge >= 0.3 is 17.9 Å². The van der Waals surface area contributed by atoms with Gasteiger partial charge in [0.2, 0.25) is 0 Å². The maximum absolute atomic E-state index is 12.7. The van der Waals surface area contributed by atoms with Crippen molar-refractivity contribution in [1.82, 2.24) is 0 Å². The fourth-order valence-corrected chi connectivity index (χ4v) is 6.23. The van der Waals surface area contributed by atoms with Crippen molar-refractivity contribution in [2.75, 3.05) is 41.0 Å². The molecule has 0 amide bonds. The van der Waals surface area contributed by atoms with E-state index in [1.807, 2.05) is 75.8 Å². The molecular formula is C49H84NO7+. The summed E-state index contributed by atoms with van der Waals surface area (Å²) in [6.45, 7) is 4.50. The minimum Gasteiger partial charge on any atom is -0.477 e. The van der Waals surface area contributed by atoms with Gasteiger partial charge in [0, 0.05) is 19.3 Å². The van der Waals surface area contributed by atoms with Gasteiger partial charge in [-0.15, -0.1) is 0 Å². The van der Waals surface area contributed by atoms with Crippen LogP contribution in [-0.4, -0.2) is 80.6 Å². The highest BCUT2D eigenvalue weighted by molar-refractivity contribution is 5.72. The Hall–Kier alpha value is -3.23. The predicted octanol–water partition coefficient (Wildman–Crippen LogP) is 12.4. The monoisotopic (exact) mass is 799 g/mol. The Balaban J connectivity index is 4.39. The third-order valence-corrected chi connectivity index (χ3v) is 9.72. The molecule has 1 N–H and O–H groups in total. The number of ether oxygens (including phenoxy) is 3. The van der Waals surface area contributed by atoms with E-state index in [0.29, 0.717) is 19.3 Å². The average molecular weight is 799 g/mol. The maximum atomic E-state index is 12.7. The van der Waals surface area contributed by atoms with E-state index < -0.39 is 18.1 Å². The van der Waals surface area contributed by atoms with Crippen molar-refractivity contribution < 1.29 is 38.2 Å². The molecule has 0 aromatic rings. The average Bonchev–Trinajstić information content (AvgIpc) is 3.17. The largest absolute Gasteiger partial charge is 0.477 e. The number of rotatable bonds is 39. The first-order chi connectivity index (χ1) is 27.6. The molecule has 0 fully saturated rings. The van der Waals surface area contributed by atoms with Crippen LogP contribution in [0.1, 0.15) is 168 Å². The van der Waals surface area contributed by atoms with E-state index in [-0.39, 0.29) is 42.7 Å². The smallest absolute Gasteiger partial charge is 0.362 e. The van der Waals surface area contributed by atoms with E-state index in [0.717, 1.165) is 32.1 Å². The summed E-state index contributed by atoms with van der Waals surface area (Å²) in [7, 11) is 5.50. The molecule has 0 saturated carbocycles. The van der Waals surface area contributed by atoms with Crippen LogP contribution in [0.4, 0.5) is 0 Å². The van der Waals surface area contributed by atoms with Crippen molar-refractivity contribution in [2.24, 2.45) is 0 Å². The van der Waals surface area contributed by atoms with Gasteiger partial charge in [-0.05, 0) is 51.4 Å². The molecule has 326 valence electrons. The number of nitrogens with zero attached hydrogens (tertiary/aromatic N) is 1. The molecule has 0 aliphatic carbocycles. The van der Waals surface area contributed by atoms with Gasteiger partial charge in [-0.1, -0.05) is 170 Å². The summed E-state index contributed by atoms with van der Waals surface area (Å²) >= 11 is 0. The van der Waals surface area contributed by atoms with E-state index in [1.54, 1.807) is 0 Å². The minimum atomic E-state index is -0.888. The van der Waals surface area contributed by atoms with E-state index in [9.17, 15) is 19.5 Å². The number of carboxylic acid groups (broad SMARTS) is 1. The molecule has 0 heterocycles. The minimum absolute atomic E-state index is 0.0334. The molecule has 0 aliphatic rings. The number of esters is 2. The quantitative estimate of drug-likeness (QED) is 0.0217. The van der Waals surface area contributed by atoms with Crippen LogP contribution in [0.15, 0.2) is 72.9 Å². The number of carbonyl (C=O) groups excluding carboxylic acids is 2. The van der Waals surface area contributed by atoms with Crippen molar-refractivity contribution in [1.29, 1.82) is 0 Å².